The van der Waals surface area contributed by atoms with E-state index in [0.717, 1.165) is 6.92 Å². The van der Waals surface area contributed by atoms with Gasteiger partial charge < -0.3 is 4.74 Å². The summed E-state index contributed by atoms with van der Waals surface area (Å²) in [4.78, 5) is 11.2. The molecule has 0 N–H and O–H groups in total. The zero-order valence-corrected chi connectivity index (χ0v) is 13.3. The fourth-order valence-corrected chi connectivity index (χ4v) is 1.83. The van der Waals surface area contributed by atoms with E-state index in [1.54, 1.807) is 0 Å². The normalized spacial score (nSPS) is 15.0. The van der Waals surface area contributed by atoms with Gasteiger partial charge in [0.2, 0.25) is 0 Å². The molecule has 0 aliphatic carbocycles. The van der Waals surface area contributed by atoms with Crippen molar-refractivity contribution in [2.45, 2.75) is 57.1 Å². The summed E-state index contributed by atoms with van der Waals surface area (Å²) in [6, 6.07) is 0. The molecule has 11 heteroatoms. The van der Waals surface area contributed by atoms with Gasteiger partial charge in [0.25, 0.3) is 0 Å². The van der Waals surface area contributed by atoms with Crippen LogP contribution in [0, 0.1) is 5.92 Å². The van der Waals surface area contributed by atoms with E-state index in [9.17, 15) is 44.3 Å². The van der Waals surface area contributed by atoms with Crippen molar-refractivity contribution in [3.8, 4) is 0 Å². The molecule has 1 unspecified atom stereocenters. The van der Waals surface area contributed by atoms with Crippen molar-refractivity contribution >= 4 is 5.97 Å². The Morgan fingerprint density at radius 3 is 1.88 bits per heavy atom. The molecule has 0 aromatic heterocycles. The number of rotatable bonds is 9. The SMILES string of the molecule is C=C(CCC(C)CC(F)(F)C(F)(F)C(F)(F)C(F)(F)F)C(=O)OCC. The van der Waals surface area contributed by atoms with Gasteiger partial charge in [-0.05, 0) is 25.7 Å². The van der Waals surface area contributed by atoms with E-state index in [4.69, 9.17) is 0 Å². The number of halogens is 9. The molecule has 0 saturated carbocycles. The molecule has 0 radical (unpaired) electrons. The minimum absolute atomic E-state index is 0.00419. The quantitative estimate of drug-likeness (QED) is 0.301. The van der Waals surface area contributed by atoms with Crippen LogP contribution in [-0.2, 0) is 9.53 Å². The molecular formula is C14H17F9O2. The Balaban J connectivity index is 5.01. The van der Waals surface area contributed by atoms with Crippen molar-refractivity contribution in [2.75, 3.05) is 6.61 Å². The molecule has 0 amide bonds. The van der Waals surface area contributed by atoms with Gasteiger partial charge in [0.15, 0.2) is 0 Å². The van der Waals surface area contributed by atoms with Gasteiger partial charge in [-0.3, -0.25) is 0 Å². The van der Waals surface area contributed by atoms with Gasteiger partial charge in [0, 0.05) is 12.0 Å². The van der Waals surface area contributed by atoms with Crippen LogP contribution in [0.15, 0.2) is 12.2 Å². The zero-order chi connectivity index (χ0) is 20.3. The van der Waals surface area contributed by atoms with Crippen LogP contribution in [0.1, 0.15) is 33.1 Å². The molecule has 1 atom stereocenters. The van der Waals surface area contributed by atoms with Crippen molar-refractivity contribution in [3.05, 3.63) is 12.2 Å². The molecule has 0 rings (SSSR count). The van der Waals surface area contributed by atoms with Gasteiger partial charge in [-0.2, -0.15) is 39.5 Å². The van der Waals surface area contributed by atoms with E-state index >= 15 is 0 Å². The lowest BCUT2D eigenvalue weighted by molar-refractivity contribution is -0.397. The molecule has 0 saturated heterocycles. The number of carbonyl (C=O) groups excluding carboxylic acids is 1. The van der Waals surface area contributed by atoms with E-state index < -0.39 is 42.3 Å². The van der Waals surface area contributed by atoms with Crippen LogP contribution in [0.5, 0.6) is 0 Å². The van der Waals surface area contributed by atoms with E-state index in [1.807, 2.05) is 0 Å². The lowest BCUT2D eigenvalue weighted by Gasteiger charge is -2.34. The summed E-state index contributed by atoms with van der Waals surface area (Å²) >= 11 is 0. The molecule has 25 heavy (non-hydrogen) atoms. The first-order chi connectivity index (χ1) is 11.0. The van der Waals surface area contributed by atoms with Gasteiger partial charge in [-0.15, -0.1) is 0 Å². The molecule has 0 aromatic rings. The maximum atomic E-state index is 13.4. The van der Waals surface area contributed by atoms with Crippen LogP contribution in [-0.4, -0.2) is 36.5 Å². The van der Waals surface area contributed by atoms with Crippen molar-refractivity contribution in [2.24, 2.45) is 5.92 Å². The molecule has 0 aromatic carbocycles. The molecule has 2 nitrogen and oxygen atoms in total. The number of esters is 1. The average molecular weight is 388 g/mol. The summed E-state index contributed by atoms with van der Waals surface area (Å²) in [5.41, 5.74) is -0.163. The largest absolute Gasteiger partial charge is 0.463 e. The first-order valence-electron chi connectivity index (χ1n) is 7.06. The van der Waals surface area contributed by atoms with Crippen LogP contribution in [0.4, 0.5) is 39.5 Å². The first-order valence-corrected chi connectivity index (χ1v) is 7.06. The van der Waals surface area contributed by atoms with Gasteiger partial charge in [-0.1, -0.05) is 13.5 Å². The summed E-state index contributed by atoms with van der Waals surface area (Å²) < 4.78 is 119. The van der Waals surface area contributed by atoms with Gasteiger partial charge in [0.05, 0.1) is 6.61 Å². The number of carbonyl (C=O) groups is 1. The third-order valence-electron chi connectivity index (χ3n) is 3.32. The van der Waals surface area contributed by atoms with Crippen LogP contribution in [0.3, 0.4) is 0 Å². The Morgan fingerprint density at radius 2 is 1.48 bits per heavy atom. The van der Waals surface area contributed by atoms with Gasteiger partial charge in [-0.25, -0.2) is 4.79 Å². The molecule has 0 spiro atoms. The van der Waals surface area contributed by atoms with Crippen LogP contribution in [0.25, 0.3) is 0 Å². The molecule has 0 aliphatic rings. The smallest absolute Gasteiger partial charge is 0.460 e. The Hall–Kier alpha value is -1.42. The highest BCUT2D eigenvalue weighted by molar-refractivity contribution is 5.87. The number of hydrogen-bond donors (Lipinski definition) is 0. The lowest BCUT2D eigenvalue weighted by Crippen LogP contribution is -2.61. The Kier molecular flexibility index (Phi) is 7.41. The summed E-state index contributed by atoms with van der Waals surface area (Å²) in [5, 5.41) is 0. The highest BCUT2D eigenvalue weighted by atomic mass is 19.4. The van der Waals surface area contributed by atoms with Crippen molar-refractivity contribution in [1.29, 1.82) is 0 Å². The van der Waals surface area contributed by atoms with Crippen molar-refractivity contribution in [3.63, 3.8) is 0 Å². The van der Waals surface area contributed by atoms with Crippen LogP contribution >= 0.6 is 0 Å². The second-order valence-corrected chi connectivity index (χ2v) is 5.52. The second-order valence-electron chi connectivity index (χ2n) is 5.52. The third kappa shape index (κ3) is 5.27. The third-order valence-corrected chi connectivity index (χ3v) is 3.32. The molecule has 148 valence electrons. The molecular weight excluding hydrogens is 371 g/mol. The minimum atomic E-state index is -6.89. The summed E-state index contributed by atoms with van der Waals surface area (Å²) in [6.45, 7) is 5.72. The summed E-state index contributed by atoms with van der Waals surface area (Å²) in [7, 11) is 0. The standard InChI is InChI=1S/C14H17F9O2/c1-4-25-10(24)9(3)6-5-8(2)7-11(15,16)12(17,18)13(19,20)14(21,22)23/h8H,3-7H2,1-2H3. The number of ether oxygens (including phenoxy) is 1. The molecule has 0 heterocycles. The van der Waals surface area contributed by atoms with Gasteiger partial charge in [0.1, 0.15) is 0 Å². The highest BCUT2D eigenvalue weighted by Crippen LogP contribution is 2.54. The Bertz CT molecular complexity index is 483. The highest BCUT2D eigenvalue weighted by Gasteiger charge is 2.81. The first kappa shape index (κ1) is 23.6. The van der Waals surface area contributed by atoms with E-state index in [-0.39, 0.29) is 25.0 Å². The predicted octanol–water partition coefficient (Wildman–Crippen LogP) is 5.38. The summed E-state index contributed by atoms with van der Waals surface area (Å²) in [5.74, 6) is -21.4. The minimum Gasteiger partial charge on any atom is -0.463 e. The monoisotopic (exact) mass is 388 g/mol. The Labute approximate surface area is 138 Å². The second kappa shape index (κ2) is 7.86. The molecule has 0 aliphatic heterocycles. The fourth-order valence-electron chi connectivity index (χ4n) is 1.83. The predicted molar refractivity (Wildman–Crippen MR) is 69.7 cm³/mol. The van der Waals surface area contributed by atoms with Crippen LogP contribution in [0.2, 0.25) is 0 Å². The van der Waals surface area contributed by atoms with Gasteiger partial charge >= 0.3 is 29.9 Å². The maximum Gasteiger partial charge on any atom is 0.460 e. The zero-order valence-electron chi connectivity index (χ0n) is 13.3. The lowest BCUT2D eigenvalue weighted by atomic mass is 9.91. The average Bonchev–Trinajstić information content (AvgIpc) is 2.42. The fraction of sp³-hybridized carbons (Fsp3) is 0.786. The Morgan fingerprint density at radius 1 is 1.00 bits per heavy atom. The molecule has 0 fully saturated rings. The van der Waals surface area contributed by atoms with E-state index in [1.165, 1.54) is 6.92 Å². The number of hydrogen-bond acceptors (Lipinski definition) is 2. The van der Waals surface area contributed by atoms with Crippen molar-refractivity contribution < 1.29 is 49.0 Å². The van der Waals surface area contributed by atoms with E-state index in [2.05, 4.69) is 11.3 Å². The molecule has 0 bridgehead atoms. The maximum absolute atomic E-state index is 13.4. The summed E-state index contributed by atoms with van der Waals surface area (Å²) in [6.07, 6.45) is -9.39. The topological polar surface area (TPSA) is 26.3 Å². The van der Waals surface area contributed by atoms with Crippen LogP contribution < -0.4 is 0 Å². The number of alkyl halides is 9. The van der Waals surface area contributed by atoms with Crippen molar-refractivity contribution in [1.82, 2.24) is 0 Å². The van der Waals surface area contributed by atoms with E-state index in [0.29, 0.717) is 0 Å².